The van der Waals surface area contributed by atoms with E-state index in [1.54, 1.807) is 0 Å². The van der Waals surface area contributed by atoms with Gasteiger partial charge in [-0.1, -0.05) is 134 Å². The quantitative estimate of drug-likeness (QED) is 0.0485. The van der Waals surface area contributed by atoms with Crippen molar-refractivity contribution in [1.82, 2.24) is 0 Å². The van der Waals surface area contributed by atoms with Gasteiger partial charge in [0.15, 0.2) is 0 Å². The number of esters is 3. The lowest BCUT2D eigenvalue weighted by atomic mass is 9.69. The minimum absolute atomic E-state index is 0.0702. The lowest BCUT2D eigenvalue weighted by molar-refractivity contribution is -0.155. The molecule has 52 heavy (non-hydrogen) atoms. The first-order valence-corrected chi connectivity index (χ1v) is 20.4. The van der Waals surface area contributed by atoms with Crippen LogP contribution in [0.4, 0.5) is 0 Å². The maximum absolute atomic E-state index is 13.9. The molecular weight excluding hydrogens is 767 g/mol. The largest absolute Gasteiger partial charge is 0.461 e. The summed E-state index contributed by atoms with van der Waals surface area (Å²) in [4.78, 5) is 53.8. The van der Waals surface area contributed by atoms with Crippen LogP contribution in [0.3, 0.4) is 0 Å². The number of halogens is 1. The monoisotopic (exact) mass is 822 g/mol. The summed E-state index contributed by atoms with van der Waals surface area (Å²) in [6.07, 6.45) is 4.74. The van der Waals surface area contributed by atoms with E-state index in [0.29, 0.717) is 51.4 Å². The van der Waals surface area contributed by atoms with Crippen molar-refractivity contribution in [3.05, 3.63) is 108 Å². The van der Waals surface area contributed by atoms with Crippen LogP contribution >= 0.6 is 22.6 Å². The Labute approximate surface area is 323 Å². The van der Waals surface area contributed by atoms with Crippen molar-refractivity contribution in [1.29, 1.82) is 0 Å². The summed E-state index contributed by atoms with van der Waals surface area (Å²) in [6, 6.07) is 28.9. The van der Waals surface area contributed by atoms with Gasteiger partial charge in [0.05, 0.1) is 17.8 Å². The predicted octanol–water partition coefficient (Wildman–Crippen LogP) is 9.73. The Bertz CT molecular complexity index is 1530. The van der Waals surface area contributed by atoms with Crippen LogP contribution in [0.5, 0.6) is 0 Å². The van der Waals surface area contributed by atoms with Gasteiger partial charge >= 0.3 is 17.9 Å². The van der Waals surface area contributed by atoms with E-state index < -0.39 is 5.92 Å². The summed E-state index contributed by atoms with van der Waals surface area (Å²) >= 11 is 2.24. The molecule has 7 nitrogen and oxygen atoms in total. The van der Waals surface area contributed by atoms with Gasteiger partial charge in [-0.3, -0.25) is 19.2 Å². The zero-order valence-corrected chi connectivity index (χ0v) is 33.1. The molecule has 8 heteroatoms. The van der Waals surface area contributed by atoms with Gasteiger partial charge in [-0.2, -0.15) is 0 Å². The molecule has 1 aliphatic carbocycles. The minimum atomic E-state index is -0.441. The number of carbonyl (C=O) groups excluding carboxylic acids is 4. The molecule has 1 aliphatic rings. The molecule has 4 rings (SSSR count). The third-order valence-corrected chi connectivity index (χ3v) is 11.2. The van der Waals surface area contributed by atoms with Gasteiger partial charge in [-0.05, 0) is 79.4 Å². The second kappa shape index (κ2) is 21.9. The maximum Gasteiger partial charge on any atom is 0.309 e. The summed E-state index contributed by atoms with van der Waals surface area (Å²) in [5.74, 6) is -1.77. The zero-order chi connectivity index (χ0) is 37.3. The van der Waals surface area contributed by atoms with Gasteiger partial charge in [-0.25, -0.2) is 0 Å². The van der Waals surface area contributed by atoms with Gasteiger partial charge in [0.1, 0.15) is 25.6 Å². The van der Waals surface area contributed by atoms with Gasteiger partial charge in [0, 0.05) is 16.8 Å². The smallest absolute Gasteiger partial charge is 0.309 e. The third kappa shape index (κ3) is 13.2. The predicted molar refractivity (Wildman–Crippen MR) is 211 cm³/mol. The fraction of sp³-hybridized carbons (Fsp3) is 0.500. The molecule has 6 unspecified atom stereocenters. The fourth-order valence-electron chi connectivity index (χ4n) is 7.39. The number of hydrogen-bond acceptors (Lipinski definition) is 7. The van der Waals surface area contributed by atoms with Gasteiger partial charge in [-0.15, -0.1) is 0 Å². The average Bonchev–Trinajstić information content (AvgIpc) is 3.16. The summed E-state index contributed by atoms with van der Waals surface area (Å²) in [5, 5.41) is 0. The molecule has 0 spiro atoms. The van der Waals surface area contributed by atoms with Crippen LogP contribution in [-0.2, 0) is 53.2 Å². The molecule has 6 atom stereocenters. The molecule has 0 N–H and O–H groups in total. The molecule has 0 aliphatic heterocycles. The SMILES string of the molecule is CC(C)C(CCC(C)C(CCC1CC(C(=O)CCI)CCC1C(=O)OCc1ccccc1)C(=O)OCc1ccccc1)C(=O)OCc1ccccc1. The second-order valence-corrected chi connectivity index (χ2v) is 15.7. The van der Waals surface area contributed by atoms with E-state index in [1.165, 1.54) is 0 Å². The lowest BCUT2D eigenvalue weighted by Crippen LogP contribution is -2.35. The maximum atomic E-state index is 13.9. The second-order valence-electron chi connectivity index (χ2n) is 14.7. The molecular formula is C44H55IO7. The highest BCUT2D eigenvalue weighted by molar-refractivity contribution is 14.1. The van der Waals surface area contributed by atoms with Gasteiger partial charge < -0.3 is 14.2 Å². The first-order valence-electron chi connectivity index (χ1n) is 18.9. The van der Waals surface area contributed by atoms with Crippen LogP contribution in [0.25, 0.3) is 0 Å². The van der Waals surface area contributed by atoms with Gasteiger partial charge in [0.2, 0.25) is 0 Å². The van der Waals surface area contributed by atoms with E-state index in [4.69, 9.17) is 14.2 Å². The van der Waals surface area contributed by atoms with Crippen molar-refractivity contribution >= 4 is 46.3 Å². The number of ether oxygens (including phenoxy) is 3. The zero-order valence-electron chi connectivity index (χ0n) is 30.9. The molecule has 0 bridgehead atoms. The topological polar surface area (TPSA) is 96.0 Å². The molecule has 0 heterocycles. The molecule has 0 amide bonds. The van der Waals surface area contributed by atoms with E-state index in [9.17, 15) is 19.2 Å². The van der Waals surface area contributed by atoms with E-state index in [-0.39, 0.29) is 79.0 Å². The highest BCUT2D eigenvalue weighted by Gasteiger charge is 2.39. The van der Waals surface area contributed by atoms with Crippen molar-refractivity contribution in [2.75, 3.05) is 4.43 Å². The first kappa shape index (κ1) is 41.2. The van der Waals surface area contributed by atoms with Crippen LogP contribution in [0, 0.1) is 41.4 Å². The lowest BCUT2D eigenvalue weighted by Gasteiger charge is -2.35. The van der Waals surface area contributed by atoms with Crippen LogP contribution in [-0.4, -0.2) is 28.1 Å². The van der Waals surface area contributed by atoms with Crippen LogP contribution in [0.2, 0.25) is 0 Å². The molecule has 3 aromatic carbocycles. The van der Waals surface area contributed by atoms with E-state index in [1.807, 2.05) is 105 Å². The standard InChI is InChI=1S/C44H55IO7/c1-31(2)38(42(47)50-28-33-13-7-4-8-14-33)22-19-32(3)39(43(48)51-29-34-15-9-5-10-16-34)23-20-36-27-37(41(46)25-26-45)21-24-40(36)44(49)52-30-35-17-11-6-12-18-35/h4-18,31-32,36-40H,19-30H2,1-3H3. The summed E-state index contributed by atoms with van der Waals surface area (Å²) in [7, 11) is 0. The van der Waals surface area contributed by atoms with Crippen LogP contribution < -0.4 is 0 Å². The van der Waals surface area contributed by atoms with Gasteiger partial charge in [0.25, 0.3) is 0 Å². The number of rotatable bonds is 20. The molecule has 0 aromatic heterocycles. The first-order chi connectivity index (χ1) is 25.2. The van der Waals surface area contributed by atoms with Crippen molar-refractivity contribution in [2.24, 2.45) is 41.4 Å². The number of hydrogen-bond donors (Lipinski definition) is 0. The van der Waals surface area contributed by atoms with Crippen molar-refractivity contribution in [3.8, 4) is 0 Å². The molecule has 280 valence electrons. The number of ketones is 1. The van der Waals surface area contributed by atoms with Crippen molar-refractivity contribution in [2.45, 2.75) is 92.0 Å². The highest BCUT2D eigenvalue weighted by atomic mass is 127. The number of alkyl halides is 1. The van der Waals surface area contributed by atoms with Crippen LogP contribution in [0.1, 0.15) is 88.8 Å². The highest BCUT2D eigenvalue weighted by Crippen LogP contribution is 2.40. The van der Waals surface area contributed by atoms with E-state index in [2.05, 4.69) is 29.5 Å². The van der Waals surface area contributed by atoms with Crippen LogP contribution in [0.15, 0.2) is 91.0 Å². The van der Waals surface area contributed by atoms with E-state index in [0.717, 1.165) is 21.1 Å². The molecule has 3 aromatic rings. The number of Topliss-reactive ketones (excluding diaryl/α,β-unsaturated/α-hetero) is 1. The Hall–Kier alpha value is -3.53. The molecule has 1 saturated carbocycles. The van der Waals surface area contributed by atoms with Crippen molar-refractivity contribution < 1.29 is 33.4 Å². The average molecular weight is 823 g/mol. The minimum Gasteiger partial charge on any atom is -0.461 e. The normalized spacial score (nSPS) is 18.9. The summed E-state index contributed by atoms with van der Waals surface area (Å²) in [5.41, 5.74) is 2.78. The molecule has 1 fully saturated rings. The number of benzene rings is 3. The number of carbonyl (C=O) groups is 4. The Morgan fingerprint density at radius 2 is 1.15 bits per heavy atom. The molecule has 0 saturated heterocycles. The molecule has 0 radical (unpaired) electrons. The van der Waals surface area contributed by atoms with Crippen molar-refractivity contribution in [3.63, 3.8) is 0 Å². The summed E-state index contributed by atoms with van der Waals surface area (Å²) in [6.45, 7) is 6.72. The summed E-state index contributed by atoms with van der Waals surface area (Å²) < 4.78 is 18.2. The fourth-order valence-corrected chi connectivity index (χ4v) is 7.92. The Kier molecular flexibility index (Phi) is 17.3. The Morgan fingerprint density at radius 1 is 0.654 bits per heavy atom. The Balaban J connectivity index is 1.47. The van der Waals surface area contributed by atoms with E-state index >= 15 is 0 Å². The third-order valence-electron chi connectivity index (χ3n) is 10.6. The Morgan fingerprint density at radius 3 is 1.65 bits per heavy atom.